The average Bonchev–Trinajstić information content (AvgIpc) is 2.18. The molecule has 0 bridgehead atoms. The molecule has 1 aliphatic rings. The largest absolute Gasteiger partial charge is 0.495 e. The highest BCUT2D eigenvalue weighted by Crippen LogP contribution is 2.28. The number of hydrogen-bond acceptors (Lipinski definition) is 2. The molecule has 0 fully saturated rings. The second-order valence-corrected chi connectivity index (χ2v) is 3.30. The number of rotatable bonds is 3. The molecule has 1 heterocycles. The zero-order valence-electron chi connectivity index (χ0n) is 7.97. The van der Waals surface area contributed by atoms with Crippen LogP contribution in [0.1, 0.15) is 39.5 Å². The van der Waals surface area contributed by atoms with E-state index in [9.17, 15) is 5.11 Å². The van der Waals surface area contributed by atoms with Gasteiger partial charge in [-0.05, 0) is 31.8 Å². The van der Waals surface area contributed by atoms with Gasteiger partial charge in [-0.25, -0.2) is 0 Å². The summed E-state index contributed by atoms with van der Waals surface area (Å²) in [5.74, 6) is 0.791. The SMILES string of the molecule is CCC(O)(CC)C1=CCCCO1. The fraction of sp³-hybridized carbons (Fsp3) is 0.800. The summed E-state index contributed by atoms with van der Waals surface area (Å²) in [5, 5.41) is 10.1. The molecular formula is C10H18O2. The smallest absolute Gasteiger partial charge is 0.124 e. The summed E-state index contributed by atoms with van der Waals surface area (Å²) in [6.45, 7) is 4.73. The van der Waals surface area contributed by atoms with Gasteiger partial charge < -0.3 is 9.84 Å². The molecule has 0 saturated heterocycles. The van der Waals surface area contributed by atoms with Gasteiger partial charge in [-0.15, -0.1) is 0 Å². The van der Waals surface area contributed by atoms with Crippen molar-refractivity contribution in [2.24, 2.45) is 0 Å². The molecule has 0 aromatic rings. The molecule has 1 N–H and O–H groups in total. The van der Waals surface area contributed by atoms with Crippen molar-refractivity contribution in [3.8, 4) is 0 Å². The Balaban J connectivity index is 2.70. The number of hydrogen-bond donors (Lipinski definition) is 1. The summed E-state index contributed by atoms with van der Waals surface area (Å²) in [6.07, 6.45) is 5.60. The van der Waals surface area contributed by atoms with E-state index in [-0.39, 0.29) is 0 Å². The van der Waals surface area contributed by atoms with E-state index in [1.165, 1.54) is 0 Å². The highest BCUT2D eigenvalue weighted by atomic mass is 16.5. The molecule has 0 spiro atoms. The van der Waals surface area contributed by atoms with Crippen molar-refractivity contribution in [3.05, 3.63) is 11.8 Å². The van der Waals surface area contributed by atoms with Crippen LogP contribution in [0.2, 0.25) is 0 Å². The van der Waals surface area contributed by atoms with Crippen LogP contribution >= 0.6 is 0 Å². The van der Waals surface area contributed by atoms with Crippen LogP contribution in [0.25, 0.3) is 0 Å². The number of ether oxygens (including phenoxy) is 1. The Labute approximate surface area is 74.2 Å². The average molecular weight is 170 g/mol. The standard InChI is InChI=1S/C10H18O2/c1-3-10(11,4-2)9-7-5-6-8-12-9/h7,11H,3-6,8H2,1-2H3. The Kier molecular flexibility index (Phi) is 3.15. The third-order valence-electron chi connectivity index (χ3n) is 2.56. The Morgan fingerprint density at radius 1 is 1.50 bits per heavy atom. The van der Waals surface area contributed by atoms with Crippen molar-refractivity contribution >= 4 is 0 Å². The van der Waals surface area contributed by atoms with Gasteiger partial charge in [-0.1, -0.05) is 13.8 Å². The number of aliphatic hydroxyl groups is 1. The second-order valence-electron chi connectivity index (χ2n) is 3.30. The monoisotopic (exact) mass is 170 g/mol. The molecule has 2 nitrogen and oxygen atoms in total. The van der Waals surface area contributed by atoms with Gasteiger partial charge in [0.25, 0.3) is 0 Å². The van der Waals surface area contributed by atoms with Crippen LogP contribution in [-0.4, -0.2) is 17.3 Å². The zero-order valence-corrected chi connectivity index (χ0v) is 7.97. The molecule has 70 valence electrons. The maximum Gasteiger partial charge on any atom is 0.124 e. The van der Waals surface area contributed by atoms with Gasteiger partial charge in [0.2, 0.25) is 0 Å². The third-order valence-corrected chi connectivity index (χ3v) is 2.56. The van der Waals surface area contributed by atoms with Crippen LogP contribution in [0.5, 0.6) is 0 Å². The van der Waals surface area contributed by atoms with E-state index in [1.807, 2.05) is 19.9 Å². The van der Waals surface area contributed by atoms with Gasteiger partial charge in [0.05, 0.1) is 6.61 Å². The molecule has 0 atom stereocenters. The van der Waals surface area contributed by atoms with E-state index in [2.05, 4.69) is 0 Å². The maximum atomic E-state index is 10.1. The van der Waals surface area contributed by atoms with E-state index < -0.39 is 5.60 Å². The molecule has 0 aromatic carbocycles. The molecule has 0 unspecified atom stereocenters. The molecule has 0 saturated carbocycles. The highest BCUT2D eigenvalue weighted by molar-refractivity contribution is 5.10. The van der Waals surface area contributed by atoms with Crippen LogP contribution < -0.4 is 0 Å². The van der Waals surface area contributed by atoms with Crippen molar-refractivity contribution < 1.29 is 9.84 Å². The van der Waals surface area contributed by atoms with Crippen LogP contribution in [0.4, 0.5) is 0 Å². The van der Waals surface area contributed by atoms with Crippen LogP contribution in [-0.2, 0) is 4.74 Å². The minimum absolute atomic E-state index is 0.708. The van der Waals surface area contributed by atoms with Crippen molar-refractivity contribution in [1.29, 1.82) is 0 Å². The Morgan fingerprint density at radius 3 is 2.58 bits per heavy atom. The number of allylic oxidation sites excluding steroid dienone is 1. The Hall–Kier alpha value is -0.500. The zero-order chi connectivity index (χ0) is 9.03. The van der Waals surface area contributed by atoms with Crippen LogP contribution in [0, 0.1) is 0 Å². The molecule has 0 aromatic heterocycles. The normalized spacial score (nSPS) is 18.4. The molecule has 1 rings (SSSR count). The van der Waals surface area contributed by atoms with Crippen molar-refractivity contribution in [3.63, 3.8) is 0 Å². The Bertz CT molecular complexity index is 169. The second kappa shape index (κ2) is 3.94. The van der Waals surface area contributed by atoms with Gasteiger partial charge in [-0.3, -0.25) is 0 Å². The first-order valence-electron chi connectivity index (χ1n) is 4.78. The lowest BCUT2D eigenvalue weighted by molar-refractivity contribution is -0.00153. The summed E-state index contributed by atoms with van der Waals surface area (Å²) in [5.41, 5.74) is -0.708. The van der Waals surface area contributed by atoms with Crippen molar-refractivity contribution in [2.45, 2.75) is 45.1 Å². The topological polar surface area (TPSA) is 29.5 Å². The van der Waals surface area contributed by atoms with E-state index >= 15 is 0 Å². The minimum Gasteiger partial charge on any atom is -0.495 e. The lowest BCUT2D eigenvalue weighted by Crippen LogP contribution is -2.32. The van der Waals surface area contributed by atoms with Gasteiger partial charge >= 0.3 is 0 Å². The van der Waals surface area contributed by atoms with Crippen LogP contribution in [0.3, 0.4) is 0 Å². The summed E-state index contributed by atoms with van der Waals surface area (Å²) < 4.78 is 5.44. The van der Waals surface area contributed by atoms with E-state index in [0.717, 1.165) is 38.0 Å². The quantitative estimate of drug-likeness (QED) is 0.703. The fourth-order valence-corrected chi connectivity index (χ4v) is 1.48. The first-order valence-corrected chi connectivity index (χ1v) is 4.78. The predicted octanol–water partition coefficient (Wildman–Crippen LogP) is 2.23. The van der Waals surface area contributed by atoms with Crippen molar-refractivity contribution in [2.75, 3.05) is 6.61 Å². The molecular weight excluding hydrogens is 152 g/mol. The first kappa shape index (κ1) is 9.59. The van der Waals surface area contributed by atoms with Gasteiger partial charge in [0.15, 0.2) is 0 Å². The molecule has 1 aliphatic heterocycles. The van der Waals surface area contributed by atoms with Gasteiger partial charge in [0, 0.05) is 0 Å². The summed E-state index contributed by atoms with van der Waals surface area (Å²) in [4.78, 5) is 0. The molecule has 0 radical (unpaired) electrons. The molecule has 2 heteroatoms. The predicted molar refractivity (Wildman–Crippen MR) is 48.8 cm³/mol. The highest BCUT2D eigenvalue weighted by Gasteiger charge is 2.29. The lowest BCUT2D eigenvalue weighted by atomic mass is 9.93. The fourth-order valence-electron chi connectivity index (χ4n) is 1.48. The molecule has 12 heavy (non-hydrogen) atoms. The van der Waals surface area contributed by atoms with Gasteiger partial charge in [0.1, 0.15) is 11.4 Å². The van der Waals surface area contributed by atoms with E-state index in [0.29, 0.717) is 0 Å². The summed E-state index contributed by atoms with van der Waals surface area (Å²) in [7, 11) is 0. The minimum atomic E-state index is -0.708. The van der Waals surface area contributed by atoms with E-state index in [1.54, 1.807) is 0 Å². The Morgan fingerprint density at radius 2 is 2.17 bits per heavy atom. The van der Waals surface area contributed by atoms with E-state index in [4.69, 9.17) is 4.74 Å². The third kappa shape index (κ3) is 1.81. The van der Waals surface area contributed by atoms with Crippen molar-refractivity contribution in [1.82, 2.24) is 0 Å². The molecule has 0 aliphatic carbocycles. The van der Waals surface area contributed by atoms with Crippen LogP contribution in [0.15, 0.2) is 11.8 Å². The summed E-state index contributed by atoms with van der Waals surface area (Å²) >= 11 is 0. The first-order chi connectivity index (χ1) is 5.73. The maximum absolute atomic E-state index is 10.1. The lowest BCUT2D eigenvalue weighted by Gasteiger charge is -2.30. The summed E-state index contributed by atoms with van der Waals surface area (Å²) in [6, 6.07) is 0. The molecule has 0 amide bonds. The van der Waals surface area contributed by atoms with Gasteiger partial charge in [-0.2, -0.15) is 0 Å².